The molecule has 0 N–H and O–H groups in total. The maximum Gasteiger partial charge on any atom is 0.343 e. The monoisotopic (exact) mass is 554 g/mol. The number of hydrogen-bond donors (Lipinski definition) is 0. The van der Waals surface area contributed by atoms with Gasteiger partial charge in [-0.2, -0.15) is 0 Å². The Morgan fingerprint density at radius 3 is 1.74 bits per heavy atom. The quantitative estimate of drug-likeness (QED) is 0.109. The molecule has 206 valence electrons. The summed E-state index contributed by atoms with van der Waals surface area (Å²) in [4.78, 5) is 51.2. The molecule has 42 heavy (non-hydrogen) atoms. The van der Waals surface area contributed by atoms with Crippen molar-refractivity contribution in [3.63, 3.8) is 0 Å². The lowest BCUT2D eigenvalue weighted by molar-refractivity contribution is 0.0472. The fourth-order valence-electron chi connectivity index (χ4n) is 4.32. The van der Waals surface area contributed by atoms with E-state index in [9.17, 15) is 19.2 Å². The minimum Gasteiger partial charge on any atom is -0.454 e. The molecule has 5 aromatic carbocycles. The molecule has 0 aliphatic heterocycles. The van der Waals surface area contributed by atoms with Crippen molar-refractivity contribution in [3.8, 4) is 16.9 Å². The van der Waals surface area contributed by atoms with E-state index in [1.807, 2.05) is 61.5 Å². The van der Waals surface area contributed by atoms with E-state index < -0.39 is 24.3 Å². The van der Waals surface area contributed by atoms with Crippen LogP contribution in [0, 0.1) is 6.92 Å². The third-order valence-corrected chi connectivity index (χ3v) is 6.65. The highest BCUT2D eigenvalue weighted by Gasteiger charge is 2.20. The predicted octanol–water partition coefficient (Wildman–Crippen LogP) is 7.15. The number of esters is 2. The SMILES string of the molecule is Cc1ccc(C(=O)Oc2ccc(C(=O)COC(=O)c3ccccc3C(=O)c3ccc(-c4ccccc4)cc3)cc2)cc1. The molecule has 0 spiro atoms. The molecular formula is C36H26O6. The van der Waals surface area contributed by atoms with Gasteiger partial charge in [0.15, 0.2) is 18.2 Å². The number of aryl methyl sites for hydroxylation is 1. The Morgan fingerprint density at radius 2 is 1.07 bits per heavy atom. The van der Waals surface area contributed by atoms with Crippen LogP contribution in [0.25, 0.3) is 11.1 Å². The van der Waals surface area contributed by atoms with Gasteiger partial charge in [-0.3, -0.25) is 9.59 Å². The lowest BCUT2D eigenvalue weighted by Crippen LogP contribution is -2.17. The maximum absolute atomic E-state index is 13.3. The Labute approximate surface area is 243 Å². The van der Waals surface area contributed by atoms with Crippen LogP contribution in [0.1, 0.15) is 52.6 Å². The van der Waals surface area contributed by atoms with Crippen LogP contribution < -0.4 is 4.74 Å². The van der Waals surface area contributed by atoms with Gasteiger partial charge in [0.25, 0.3) is 0 Å². The van der Waals surface area contributed by atoms with Gasteiger partial charge in [-0.05, 0) is 60.5 Å². The highest BCUT2D eigenvalue weighted by atomic mass is 16.5. The molecule has 0 aliphatic rings. The smallest absolute Gasteiger partial charge is 0.343 e. The third kappa shape index (κ3) is 6.57. The molecule has 0 aliphatic carbocycles. The second-order valence-electron chi connectivity index (χ2n) is 9.60. The first-order valence-electron chi connectivity index (χ1n) is 13.3. The Morgan fingerprint density at radius 1 is 0.524 bits per heavy atom. The first-order chi connectivity index (χ1) is 20.4. The van der Waals surface area contributed by atoms with Crippen molar-refractivity contribution in [2.24, 2.45) is 0 Å². The molecule has 0 atom stereocenters. The number of ketones is 2. The van der Waals surface area contributed by atoms with Gasteiger partial charge in [0.1, 0.15) is 5.75 Å². The van der Waals surface area contributed by atoms with Crippen molar-refractivity contribution in [2.75, 3.05) is 6.61 Å². The highest BCUT2D eigenvalue weighted by Crippen LogP contribution is 2.22. The molecule has 6 nitrogen and oxygen atoms in total. The number of ether oxygens (including phenoxy) is 2. The van der Waals surface area contributed by atoms with Crippen LogP contribution in [0.3, 0.4) is 0 Å². The number of benzene rings is 5. The van der Waals surface area contributed by atoms with E-state index in [2.05, 4.69) is 0 Å². The van der Waals surface area contributed by atoms with Crippen molar-refractivity contribution in [1.82, 2.24) is 0 Å². The molecule has 0 amide bonds. The zero-order valence-corrected chi connectivity index (χ0v) is 22.8. The maximum atomic E-state index is 13.3. The average molecular weight is 555 g/mol. The Balaban J connectivity index is 1.21. The summed E-state index contributed by atoms with van der Waals surface area (Å²) >= 11 is 0. The van der Waals surface area contributed by atoms with E-state index in [0.29, 0.717) is 11.1 Å². The minimum absolute atomic E-state index is 0.0702. The van der Waals surface area contributed by atoms with Crippen LogP contribution in [0.4, 0.5) is 0 Å². The zero-order chi connectivity index (χ0) is 29.5. The second-order valence-corrected chi connectivity index (χ2v) is 9.60. The van der Waals surface area contributed by atoms with Crippen molar-refractivity contribution in [3.05, 3.63) is 161 Å². The van der Waals surface area contributed by atoms with Crippen molar-refractivity contribution in [2.45, 2.75) is 6.92 Å². The van der Waals surface area contributed by atoms with Gasteiger partial charge in [0.05, 0.1) is 11.1 Å². The molecule has 0 unspecified atom stereocenters. The summed E-state index contributed by atoms with van der Waals surface area (Å²) in [5, 5.41) is 0. The molecule has 0 heterocycles. The minimum atomic E-state index is -0.781. The summed E-state index contributed by atoms with van der Waals surface area (Å²) in [6, 6.07) is 36.3. The van der Waals surface area contributed by atoms with Crippen molar-refractivity contribution < 1.29 is 28.7 Å². The number of carbonyl (C=O) groups excluding carboxylic acids is 4. The molecule has 0 aromatic heterocycles. The summed E-state index contributed by atoms with van der Waals surface area (Å²) in [5.41, 5.74) is 4.39. The number of hydrogen-bond acceptors (Lipinski definition) is 6. The van der Waals surface area contributed by atoms with Gasteiger partial charge >= 0.3 is 11.9 Å². The fourth-order valence-corrected chi connectivity index (χ4v) is 4.32. The van der Waals surface area contributed by atoms with Gasteiger partial charge < -0.3 is 9.47 Å². The summed E-state index contributed by atoms with van der Waals surface area (Å²) in [5.74, 6) is -1.79. The average Bonchev–Trinajstić information content (AvgIpc) is 3.04. The van der Waals surface area contributed by atoms with E-state index in [1.54, 1.807) is 42.5 Å². The lowest BCUT2D eigenvalue weighted by Gasteiger charge is -2.10. The number of carbonyl (C=O) groups is 4. The predicted molar refractivity (Wildman–Crippen MR) is 159 cm³/mol. The standard InChI is InChI=1S/C36H26O6/c1-24-11-13-29(14-12-24)35(39)42-30-21-19-27(20-22-30)33(37)23-41-36(40)32-10-6-5-9-31(32)34(38)28-17-15-26(16-18-28)25-7-3-2-4-8-25/h2-22H,23H2,1H3. The number of Topliss-reactive ketones (excluding diaryl/α,β-unsaturated/α-hetero) is 1. The molecule has 5 aromatic rings. The van der Waals surface area contributed by atoms with Crippen LogP contribution >= 0.6 is 0 Å². The fraction of sp³-hybridized carbons (Fsp3) is 0.0556. The van der Waals surface area contributed by atoms with Crippen LogP contribution in [-0.2, 0) is 4.74 Å². The Kier molecular flexibility index (Phi) is 8.45. The van der Waals surface area contributed by atoms with E-state index in [4.69, 9.17) is 9.47 Å². The summed E-state index contributed by atoms with van der Waals surface area (Å²) in [6.07, 6.45) is 0. The van der Waals surface area contributed by atoms with E-state index in [1.165, 1.54) is 30.3 Å². The van der Waals surface area contributed by atoms with Gasteiger partial charge in [-0.25, -0.2) is 9.59 Å². The Bertz CT molecular complexity index is 1740. The first kappa shape index (κ1) is 27.9. The molecule has 0 radical (unpaired) electrons. The van der Waals surface area contributed by atoms with Gasteiger partial charge in [0.2, 0.25) is 0 Å². The number of rotatable bonds is 9. The molecule has 0 fully saturated rings. The molecule has 6 heteroatoms. The summed E-state index contributed by atoms with van der Waals surface area (Å²) in [6.45, 7) is 1.40. The van der Waals surface area contributed by atoms with Crippen LogP contribution in [-0.4, -0.2) is 30.1 Å². The van der Waals surface area contributed by atoms with Crippen LogP contribution in [0.2, 0.25) is 0 Å². The molecule has 0 bridgehead atoms. The normalized spacial score (nSPS) is 10.5. The van der Waals surface area contributed by atoms with Gasteiger partial charge in [0, 0.05) is 16.7 Å². The van der Waals surface area contributed by atoms with Crippen molar-refractivity contribution >= 4 is 23.5 Å². The summed E-state index contributed by atoms with van der Waals surface area (Å²) < 4.78 is 10.6. The van der Waals surface area contributed by atoms with Crippen LogP contribution in [0.15, 0.2) is 127 Å². The Hall–Kier alpha value is -5.62. The van der Waals surface area contributed by atoms with Crippen LogP contribution in [0.5, 0.6) is 5.75 Å². The van der Waals surface area contributed by atoms with Gasteiger partial charge in [-0.15, -0.1) is 0 Å². The van der Waals surface area contributed by atoms with Gasteiger partial charge in [-0.1, -0.05) is 90.5 Å². The first-order valence-corrected chi connectivity index (χ1v) is 13.3. The highest BCUT2D eigenvalue weighted by molar-refractivity contribution is 6.14. The third-order valence-electron chi connectivity index (χ3n) is 6.65. The van der Waals surface area contributed by atoms with Crippen molar-refractivity contribution in [1.29, 1.82) is 0 Å². The summed E-state index contributed by atoms with van der Waals surface area (Å²) in [7, 11) is 0. The van der Waals surface area contributed by atoms with E-state index in [0.717, 1.165) is 16.7 Å². The molecule has 0 saturated heterocycles. The molecule has 5 rings (SSSR count). The molecule has 0 saturated carbocycles. The lowest BCUT2D eigenvalue weighted by atomic mass is 9.96. The topological polar surface area (TPSA) is 86.7 Å². The largest absolute Gasteiger partial charge is 0.454 e. The zero-order valence-electron chi connectivity index (χ0n) is 22.8. The molecular weight excluding hydrogens is 528 g/mol. The van der Waals surface area contributed by atoms with E-state index in [-0.39, 0.29) is 28.2 Å². The second kappa shape index (κ2) is 12.7. The van der Waals surface area contributed by atoms with E-state index >= 15 is 0 Å².